The average molecular weight is 606 g/mol. The molecular formula is C43H29N2S+. The third kappa shape index (κ3) is 3.67. The molecular weight excluding hydrogens is 577 g/mol. The molecule has 2 nitrogen and oxygen atoms in total. The van der Waals surface area contributed by atoms with Crippen LogP contribution in [0, 0.1) is 6.92 Å². The number of nitrogens with one attached hydrogen (secondary N) is 1. The van der Waals surface area contributed by atoms with Crippen LogP contribution in [0.5, 0.6) is 0 Å². The molecule has 0 radical (unpaired) electrons. The summed E-state index contributed by atoms with van der Waals surface area (Å²) < 4.78 is 5.15. The van der Waals surface area contributed by atoms with E-state index in [1.807, 2.05) is 11.3 Å². The first-order chi connectivity index (χ1) is 22.7. The van der Waals surface area contributed by atoms with Gasteiger partial charge in [0.05, 0.1) is 11.0 Å². The van der Waals surface area contributed by atoms with Crippen LogP contribution in [0.1, 0.15) is 5.56 Å². The number of fused-ring (bicyclic) bond motifs is 9. The van der Waals surface area contributed by atoms with Gasteiger partial charge in [-0.3, -0.25) is 0 Å². The van der Waals surface area contributed by atoms with Gasteiger partial charge in [0, 0.05) is 72.0 Å². The normalized spacial score (nSPS) is 12.8. The average Bonchev–Trinajstić information content (AvgIpc) is 3.75. The van der Waals surface area contributed by atoms with Crippen molar-refractivity contribution in [2.75, 3.05) is 0 Å². The molecule has 0 saturated heterocycles. The Bertz CT molecular complexity index is 2610. The summed E-state index contributed by atoms with van der Waals surface area (Å²) in [5, 5.41) is 5.26. The van der Waals surface area contributed by atoms with Crippen LogP contribution in [-0.4, -0.2) is 4.57 Å². The summed E-state index contributed by atoms with van der Waals surface area (Å²) in [4.78, 5) is 1.32. The molecule has 0 amide bonds. The molecule has 0 spiro atoms. The molecule has 0 atom stereocenters. The first kappa shape index (κ1) is 25.8. The summed E-state index contributed by atoms with van der Waals surface area (Å²) in [6.07, 6.45) is 0. The Kier molecular flexibility index (Phi) is 5.47. The Hall–Kier alpha value is -5.48. The van der Waals surface area contributed by atoms with Crippen LogP contribution in [0.25, 0.3) is 69.9 Å². The topological polar surface area (TPSA) is 9.37 Å². The molecule has 1 aliphatic rings. The van der Waals surface area contributed by atoms with Crippen LogP contribution < -0.4 is 4.90 Å². The highest BCUT2D eigenvalue weighted by atomic mass is 32.1. The quantitative estimate of drug-likeness (QED) is 0.205. The monoisotopic (exact) mass is 605 g/mol. The van der Waals surface area contributed by atoms with Gasteiger partial charge in [0.1, 0.15) is 17.1 Å². The van der Waals surface area contributed by atoms with E-state index in [2.05, 4.69) is 163 Å². The number of aryl methyl sites for hydroxylation is 1. The van der Waals surface area contributed by atoms with Crippen LogP contribution in [-0.2, 0) is 0 Å². The van der Waals surface area contributed by atoms with Gasteiger partial charge in [-0.05, 0) is 84.3 Å². The maximum atomic E-state index is 2.46. The number of hydrogen-bond donors (Lipinski definition) is 1. The summed E-state index contributed by atoms with van der Waals surface area (Å²) in [7, 11) is 0. The largest absolute Gasteiger partial charge is 0.309 e. The fourth-order valence-corrected chi connectivity index (χ4v) is 8.82. The highest BCUT2D eigenvalue weighted by Gasteiger charge is 2.32. The van der Waals surface area contributed by atoms with Crippen molar-refractivity contribution in [3.8, 4) is 27.9 Å². The van der Waals surface area contributed by atoms with Crippen LogP contribution >= 0.6 is 11.3 Å². The highest BCUT2D eigenvalue weighted by molar-refractivity contribution is 7.25. The van der Waals surface area contributed by atoms with Gasteiger partial charge in [-0.1, -0.05) is 66.7 Å². The van der Waals surface area contributed by atoms with Crippen LogP contribution in [0.15, 0.2) is 152 Å². The number of thiophene rings is 1. The van der Waals surface area contributed by atoms with Gasteiger partial charge in [0.15, 0.2) is 0 Å². The lowest BCUT2D eigenvalue weighted by Crippen LogP contribution is -2.95. The van der Waals surface area contributed by atoms with Crippen molar-refractivity contribution in [3.05, 3.63) is 157 Å². The number of nitrogens with zero attached hydrogens (tertiary/aromatic N) is 1. The van der Waals surface area contributed by atoms with E-state index >= 15 is 0 Å². The Morgan fingerprint density at radius 1 is 0.478 bits per heavy atom. The van der Waals surface area contributed by atoms with E-state index in [1.165, 1.54) is 97.4 Å². The smallest absolute Gasteiger partial charge is 0.149 e. The molecule has 2 aromatic heterocycles. The molecule has 0 bridgehead atoms. The minimum atomic E-state index is 1.22. The second kappa shape index (κ2) is 9.76. The Labute approximate surface area is 271 Å². The van der Waals surface area contributed by atoms with Gasteiger partial charge in [-0.15, -0.1) is 11.3 Å². The van der Waals surface area contributed by atoms with E-state index in [4.69, 9.17) is 0 Å². The third-order valence-corrected chi connectivity index (χ3v) is 10.9. The summed E-state index contributed by atoms with van der Waals surface area (Å²) in [6.45, 7) is 2.24. The van der Waals surface area contributed by atoms with Crippen molar-refractivity contribution in [2.24, 2.45) is 0 Å². The number of hydrogen-bond acceptors (Lipinski definition) is 1. The van der Waals surface area contributed by atoms with Crippen molar-refractivity contribution in [3.63, 3.8) is 0 Å². The van der Waals surface area contributed by atoms with Gasteiger partial charge >= 0.3 is 0 Å². The molecule has 3 heterocycles. The number of rotatable bonds is 3. The molecule has 0 fully saturated rings. The fraction of sp³-hybridized carbons (Fsp3) is 0.0233. The van der Waals surface area contributed by atoms with E-state index in [-0.39, 0.29) is 0 Å². The SMILES string of the molecule is Cc1cc(-c2ccc([NH+]3c4ccccc4-c4ccccc43)cc2)ccc1-n1c2ccccc2c2cc3sc4ccccc4c3cc21. The Balaban J connectivity index is 1.08. The second-order valence-electron chi connectivity index (χ2n) is 12.4. The molecule has 10 rings (SSSR count). The predicted molar refractivity (Wildman–Crippen MR) is 196 cm³/mol. The zero-order valence-electron chi connectivity index (χ0n) is 25.3. The molecule has 46 heavy (non-hydrogen) atoms. The zero-order chi connectivity index (χ0) is 30.4. The summed E-state index contributed by atoms with van der Waals surface area (Å²) >= 11 is 1.88. The molecule has 3 heteroatoms. The number of quaternary nitrogens is 1. The van der Waals surface area contributed by atoms with Crippen molar-refractivity contribution < 1.29 is 4.90 Å². The van der Waals surface area contributed by atoms with E-state index in [0.29, 0.717) is 0 Å². The minimum Gasteiger partial charge on any atom is -0.309 e. The summed E-state index contributed by atoms with van der Waals surface area (Å²) in [5.74, 6) is 0. The molecule has 216 valence electrons. The lowest BCUT2D eigenvalue weighted by molar-refractivity contribution is -0.677. The van der Waals surface area contributed by atoms with Crippen LogP contribution in [0.3, 0.4) is 0 Å². The zero-order valence-corrected chi connectivity index (χ0v) is 26.1. The van der Waals surface area contributed by atoms with E-state index in [9.17, 15) is 0 Å². The number of benzene rings is 7. The first-order valence-corrected chi connectivity index (χ1v) is 16.7. The van der Waals surface area contributed by atoms with Crippen molar-refractivity contribution in [1.29, 1.82) is 0 Å². The van der Waals surface area contributed by atoms with Crippen molar-refractivity contribution in [2.45, 2.75) is 6.92 Å². The van der Waals surface area contributed by atoms with Gasteiger partial charge in [-0.25, -0.2) is 4.90 Å². The minimum absolute atomic E-state index is 1.22. The molecule has 7 aromatic carbocycles. The van der Waals surface area contributed by atoms with Gasteiger partial charge in [-0.2, -0.15) is 0 Å². The van der Waals surface area contributed by atoms with Crippen molar-refractivity contribution >= 4 is 70.4 Å². The summed E-state index contributed by atoms with van der Waals surface area (Å²) in [5.41, 5.74) is 14.0. The lowest BCUT2D eigenvalue weighted by Gasteiger charge is -2.15. The number of aromatic nitrogens is 1. The van der Waals surface area contributed by atoms with Crippen LogP contribution in [0.2, 0.25) is 0 Å². The maximum absolute atomic E-state index is 2.46. The van der Waals surface area contributed by atoms with Gasteiger partial charge < -0.3 is 4.57 Å². The van der Waals surface area contributed by atoms with Crippen LogP contribution in [0.4, 0.5) is 17.1 Å². The van der Waals surface area contributed by atoms with E-state index < -0.39 is 0 Å². The molecule has 0 saturated carbocycles. The third-order valence-electron chi connectivity index (χ3n) is 9.80. The van der Waals surface area contributed by atoms with Crippen molar-refractivity contribution in [1.82, 2.24) is 4.57 Å². The Morgan fingerprint density at radius 2 is 1.13 bits per heavy atom. The summed E-state index contributed by atoms with van der Waals surface area (Å²) in [6, 6.07) is 56.0. The predicted octanol–water partition coefficient (Wildman–Crippen LogP) is 11.3. The van der Waals surface area contributed by atoms with E-state index in [0.717, 1.165) is 0 Å². The number of para-hydroxylation sites is 3. The Morgan fingerprint density at radius 3 is 1.89 bits per heavy atom. The standard InChI is InChI=1S/C43H28N2S/c1-27-24-29(28-18-21-30(22-19-28)44-38-14-6-2-10-31(38)32-11-3-7-15-39(32)44)20-23-37(27)45-40-16-8-4-12-33(40)35-26-43-36(25-41(35)45)34-13-5-9-17-42(34)46-43/h2-26H,1H3/p+1. The van der Waals surface area contributed by atoms with Gasteiger partial charge in [0.2, 0.25) is 0 Å². The molecule has 0 aliphatic carbocycles. The molecule has 1 aliphatic heterocycles. The lowest BCUT2D eigenvalue weighted by atomic mass is 10.0. The van der Waals surface area contributed by atoms with E-state index in [1.54, 1.807) is 0 Å². The maximum Gasteiger partial charge on any atom is 0.149 e. The fourth-order valence-electron chi connectivity index (χ4n) is 7.69. The first-order valence-electron chi connectivity index (χ1n) is 15.9. The molecule has 1 N–H and O–H groups in total. The second-order valence-corrected chi connectivity index (χ2v) is 13.4. The molecule has 0 unspecified atom stereocenters. The highest BCUT2D eigenvalue weighted by Crippen LogP contribution is 2.42. The molecule has 9 aromatic rings. The van der Waals surface area contributed by atoms with Gasteiger partial charge in [0.25, 0.3) is 0 Å².